The Hall–Kier alpha value is -3.90. The summed E-state index contributed by atoms with van der Waals surface area (Å²) in [5, 5.41) is 9.90. The lowest BCUT2D eigenvalue weighted by Crippen LogP contribution is -2.28. The van der Waals surface area contributed by atoms with Crippen molar-refractivity contribution >= 4 is 41.1 Å². The maximum Gasteiger partial charge on any atom is 0.303 e. The van der Waals surface area contributed by atoms with Gasteiger partial charge < -0.3 is 14.7 Å². The van der Waals surface area contributed by atoms with E-state index in [9.17, 15) is 9.59 Å². The van der Waals surface area contributed by atoms with E-state index in [2.05, 4.69) is 96.2 Å². The van der Waals surface area contributed by atoms with Crippen molar-refractivity contribution in [3.63, 3.8) is 0 Å². The van der Waals surface area contributed by atoms with Gasteiger partial charge in [-0.1, -0.05) is 60.2 Å². The summed E-state index contributed by atoms with van der Waals surface area (Å²) in [4.78, 5) is 23.9. The molecule has 0 saturated heterocycles. The molecule has 0 saturated carbocycles. The summed E-state index contributed by atoms with van der Waals surface area (Å²) in [5.74, 6) is -0.727. The molecule has 3 aliphatic rings. The van der Waals surface area contributed by atoms with E-state index in [0.29, 0.717) is 19.5 Å². The number of allylic oxidation sites excluding steroid dienone is 8. The maximum atomic E-state index is 11.0. The number of carbonyl (C=O) groups excluding carboxylic acids is 1. The Balaban J connectivity index is 1.35. The van der Waals surface area contributed by atoms with E-state index in [-0.39, 0.29) is 11.8 Å². The van der Waals surface area contributed by atoms with Crippen LogP contribution in [0.15, 0.2) is 94.7 Å². The zero-order valence-corrected chi connectivity index (χ0v) is 28.6. The van der Waals surface area contributed by atoms with Gasteiger partial charge in [-0.05, 0) is 94.1 Å². The Morgan fingerprint density at radius 2 is 1.77 bits per heavy atom. The fourth-order valence-corrected chi connectivity index (χ4v) is 7.47. The summed E-state index contributed by atoms with van der Waals surface area (Å²) in [5.41, 5.74) is 9.92. The molecule has 0 radical (unpaired) electrons. The van der Waals surface area contributed by atoms with Crippen LogP contribution >= 0.6 is 11.6 Å². The molecule has 0 unspecified atom stereocenters. The SMILES string of the molecule is CC1(C)C(/C=C/C2=C(Cl)C(=C/C=C3\Cc4ccccc4N3CCCCCOC=O)/CCC2)=[N+](CCCCCC(=O)O)c2ccccc21. The summed E-state index contributed by atoms with van der Waals surface area (Å²) in [6, 6.07) is 17.3. The van der Waals surface area contributed by atoms with Gasteiger partial charge in [0, 0.05) is 59.9 Å². The molecule has 0 fully saturated rings. The normalized spacial score (nSPS) is 18.8. The summed E-state index contributed by atoms with van der Waals surface area (Å²) in [7, 11) is 0. The average molecular weight is 656 g/mol. The van der Waals surface area contributed by atoms with E-state index in [1.54, 1.807) is 0 Å². The van der Waals surface area contributed by atoms with Gasteiger partial charge in [0.2, 0.25) is 5.69 Å². The molecule has 1 N–H and O–H groups in total. The molecule has 6 nitrogen and oxygen atoms in total. The van der Waals surface area contributed by atoms with Crippen molar-refractivity contribution in [1.82, 2.24) is 0 Å². The highest BCUT2D eigenvalue weighted by atomic mass is 35.5. The number of benzene rings is 2. The summed E-state index contributed by atoms with van der Waals surface area (Å²) < 4.78 is 7.28. The molecule has 7 heteroatoms. The highest BCUT2D eigenvalue weighted by molar-refractivity contribution is 6.32. The summed E-state index contributed by atoms with van der Waals surface area (Å²) in [6.45, 7) is 7.36. The number of aliphatic carboxylic acids is 1. The molecular weight excluding hydrogens is 608 g/mol. The fraction of sp³-hybridized carbons (Fsp3) is 0.425. The van der Waals surface area contributed by atoms with Crippen molar-refractivity contribution < 1.29 is 24.0 Å². The molecule has 2 heterocycles. The monoisotopic (exact) mass is 655 g/mol. The second-order valence-electron chi connectivity index (χ2n) is 13.2. The molecule has 2 aromatic rings. The van der Waals surface area contributed by atoms with Gasteiger partial charge in [0.1, 0.15) is 6.54 Å². The number of halogens is 1. The lowest BCUT2D eigenvalue weighted by Gasteiger charge is -2.22. The maximum absolute atomic E-state index is 11.0. The molecule has 1 aliphatic carbocycles. The highest BCUT2D eigenvalue weighted by Crippen LogP contribution is 2.41. The number of hydrogen-bond donors (Lipinski definition) is 1. The van der Waals surface area contributed by atoms with E-state index < -0.39 is 5.97 Å². The number of rotatable bonds is 16. The number of carboxylic acids is 1. The molecule has 0 bridgehead atoms. The van der Waals surface area contributed by atoms with Crippen molar-refractivity contribution in [3.8, 4) is 0 Å². The van der Waals surface area contributed by atoms with Gasteiger partial charge in [-0.2, -0.15) is 4.58 Å². The highest BCUT2D eigenvalue weighted by Gasteiger charge is 2.43. The van der Waals surface area contributed by atoms with E-state index in [1.165, 1.54) is 45.1 Å². The first-order valence-electron chi connectivity index (χ1n) is 17.1. The Bertz CT molecular complexity index is 1610. The fourth-order valence-electron chi connectivity index (χ4n) is 7.15. The van der Waals surface area contributed by atoms with Crippen molar-refractivity contribution in [1.29, 1.82) is 0 Å². The summed E-state index contributed by atoms with van der Waals surface area (Å²) >= 11 is 7.14. The van der Waals surface area contributed by atoms with Crippen LogP contribution in [0, 0.1) is 0 Å². The number of carboxylic acid groups (broad SMARTS) is 1. The Kier molecular flexibility index (Phi) is 11.9. The van der Waals surface area contributed by atoms with E-state index >= 15 is 0 Å². The number of nitrogens with zero attached hydrogens (tertiary/aromatic N) is 2. The van der Waals surface area contributed by atoms with Crippen LogP contribution in [0.3, 0.4) is 0 Å². The lowest BCUT2D eigenvalue weighted by atomic mass is 9.81. The minimum Gasteiger partial charge on any atom is -0.481 e. The molecule has 2 aliphatic heterocycles. The van der Waals surface area contributed by atoms with Gasteiger partial charge in [-0.15, -0.1) is 0 Å². The minimum atomic E-state index is -0.727. The third-order valence-corrected chi connectivity index (χ3v) is 10.1. The van der Waals surface area contributed by atoms with Crippen LogP contribution in [-0.4, -0.2) is 47.5 Å². The van der Waals surface area contributed by atoms with E-state index in [0.717, 1.165) is 75.9 Å². The minimum absolute atomic E-state index is 0.151. The van der Waals surface area contributed by atoms with Crippen LogP contribution in [0.5, 0.6) is 0 Å². The molecule has 0 aromatic heterocycles. The van der Waals surface area contributed by atoms with Crippen molar-refractivity contribution in [2.75, 3.05) is 24.6 Å². The van der Waals surface area contributed by atoms with Gasteiger partial charge in [-0.3, -0.25) is 9.59 Å². The zero-order valence-electron chi connectivity index (χ0n) is 27.8. The van der Waals surface area contributed by atoms with E-state index in [1.807, 2.05) is 0 Å². The third-order valence-electron chi connectivity index (χ3n) is 9.66. The molecular formula is C40H48ClN2O4+. The number of ether oxygens (including phenoxy) is 1. The van der Waals surface area contributed by atoms with Crippen molar-refractivity contribution in [2.45, 2.75) is 89.9 Å². The first-order chi connectivity index (χ1) is 22.8. The van der Waals surface area contributed by atoms with Crippen LogP contribution in [-0.2, 0) is 26.2 Å². The van der Waals surface area contributed by atoms with Crippen LogP contribution in [0.2, 0.25) is 0 Å². The number of fused-ring (bicyclic) bond motifs is 2. The van der Waals surface area contributed by atoms with Crippen molar-refractivity contribution in [2.24, 2.45) is 0 Å². The summed E-state index contributed by atoms with van der Waals surface area (Å²) in [6.07, 6.45) is 18.5. The van der Waals surface area contributed by atoms with Gasteiger partial charge in [0.15, 0.2) is 5.71 Å². The van der Waals surface area contributed by atoms with Crippen LogP contribution in [0.25, 0.3) is 0 Å². The number of unbranched alkanes of at least 4 members (excludes halogenated alkanes) is 4. The Morgan fingerprint density at radius 3 is 2.60 bits per heavy atom. The second-order valence-corrected chi connectivity index (χ2v) is 13.6. The van der Waals surface area contributed by atoms with Gasteiger partial charge in [-0.25, -0.2) is 0 Å². The lowest BCUT2D eigenvalue weighted by molar-refractivity contribution is -0.438. The van der Waals surface area contributed by atoms with Crippen LogP contribution in [0.4, 0.5) is 11.4 Å². The van der Waals surface area contributed by atoms with Crippen LogP contribution < -0.4 is 4.90 Å². The first-order valence-corrected chi connectivity index (χ1v) is 17.5. The standard InChI is InChI=1S/C40H47ClN2O4/c1-40(2)34-17-7-9-19-36(34)43(26-10-3-5-20-38(45)46)37(40)24-22-31-16-13-15-30(39(31)41)21-23-33-28-32-14-6-8-18-35(32)42(33)25-11-4-12-27-47-29-44/h6-9,14,17-19,21-24,29H,3-5,10-13,15-16,20,25-28H2,1-2H3/p+1. The quantitative estimate of drug-likeness (QED) is 0.111. The van der Waals surface area contributed by atoms with E-state index in [4.69, 9.17) is 21.4 Å². The number of carbonyl (C=O) groups is 2. The van der Waals surface area contributed by atoms with Gasteiger partial charge in [0.25, 0.3) is 6.47 Å². The molecule has 2 aromatic carbocycles. The number of anilines is 1. The average Bonchev–Trinajstić information content (AvgIpc) is 3.52. The second kappa shape index (κ2) is 16.3. The number of para-hydroxylation sites is 2. The smallest absolute Gasteiger partial charge is 0.303 e. The van der Waals surface area contributed by atoms with Crippen LogP contribution in [0.1, 0.15) is 89.2 Å². The third kappa shape index (κ3) is 8.34. The molecule has 0 atom stereocenters. The van der Waals surface area contributed by atoms with Crippen molar-refractivity contribution in [3.05, 3.63) is 106 Å². The topological polar surface area (TPSA) is 69.8 Å². The Morgan fingerprint density at radius 1 is 0.979 bits per heavy atom. The molecule has 5 rings (SSSR count). The largest absolute Gasteiger partial charge is 0.481 e. The molecule has 47 heavy (non-hydrogen) atoms. The van der Waals surface area contributed by atoms with Gasteiger partial charge >= 0.3 is 5.97 Å². The number of hydrogen-bond acceptors (Lipinski definition) is 4. The van der Waals surface area contributed by atoms with Gasteiger partial charge in [0.05, 0.1) is 12.0 Å². The zero-order chi connectivity index (χ0) is 33.2. The predicted molar refractivity (Wildman–Crippen MR) is 191 cm³/mol. The Labute approximate surface area is 284 Å². The molecule has 248 valence electrons. The predicted octanol–water partition coefficient (Wildman–Crippen LogP) is 9.16. The first kappa shape index (κ1) is 34.4. The molecule has 0 amide bonds. The molecule has 0 spiro atoms.